The molecule has 2 aromatic rings. The first kappa shape index (κ1) is 17.7. The van der Waals surface area contributed by atoms with Crippen LogP contribution in [0.5, 0.6) is 0 Å². The molecule has 0 heterocycles. The van der Waals surface area contributed by atoms with Gasteiger partial charge in [0.25, 0.3) is 0 Å². The third-order valence-electron chi connectivity index (χ3n) is 4.35. The molecular weight excluding hydrogens is 352 g/mol. The number of carbonyl (C=O) groups is 1. The Hall–Kier alpha value is -1.65. The van der Waals surface area contributed by atoms with Crippen molar-refractivity contribution in [2.24, 2.45) is 5.73 Å². The van der Waals surface area contributed by atoms with Gasteiger partial charge in [-0.25, -0.2) is 0 Å². The number of nitrogens with one attached hydrogen (secondary N) is 1. The van der Waals surface area contributed by atoms with Gasteiger partial charge in [0.15, 0.2) is 0 Å². The minimum atomic E-state index is -1.06. The molecule has 0 spiro atoms. The van der Waals surface area contributed by atoms with E-state index in [2.05, 4.69) is 40.3 Å². The maximum absolute atomic E-state index is 12.6. The summed E-state index contributed by atoms with van der Waals surface area (Å²) in [5.74, 6) is 0.0379. The van der Waals surface area contributed by atoms with Crippen LogP contribution in [0.3, 0.4) is 0 Å². The zero-order valence-electron chi connectivity index (χ0n) is 13.7. The molecule has 3 nitrogen and oxygen atoms in total. The standard InChI is InChI=1S/C19H23BrN2O/c1-13(15-7-5-4-6-8-15)14(2)22-18(23)19(3,21)16-9-11-17(20)12-10-16/h4-14H,21H2,1-3H3,(H,22,23). The lowest BCUT2D eigenvalue weighted by Gasteiger charge is -2.29. The number of nitrogens with two attached hydrogens (primary N) is 1. The average molecular weight is 375 g/mol. The van der Waals surface area contributed by atoms with Gasteiger partial charge in [-0.15, -0.1) is 0 Å². The van der Waals surface area contributed by atoms with Gasteiger partial charge in [-0.1, -0.05) is 65.3 Å². The molecule has 0 aliphatic heterocycles. The highest BCUT2D eigenvalue weighted by atomic mass is 79.9. The number of hydrogen-bond donors (Lipinski definition) is 2. The van der Waals surface area contributed by atoms with E-state index in [-0.39, 0.29) is 17.9 Å². The van der Waals surface area contributed by atoms with Crippen LogP contribution in [-0.4, -0.2) is 11.9 Å². The van der Waals surface area contributed by atoms with E-state index < -0.39 is 5.54 Å². The maximum atomic E-state index is 12.6. The lowest BCUT2D eigenvalue weighted by Crippen LogP contribution is -2.52. The average Bonchev–Trinajstić information content (AvgIpc) is 2.55. The van der Waals surface area contributed by atoms with Gasteiger partial charge >= 0.3 is 0 Å². The fourth-order valence-electron chi connectivity index (χ4n) is 2.45. The number of halogens is 1. The first-order valence-electron chi connectivity index (χ1n) is 7.73. The molecule has 2 rings (SSSR count). The van der Waals surface area contributed by atoms with E-state index in [1.54, 1.807) is 6.92 Å². The van der Waals surface area contributed by atoms with Gasteiger partial charge in [-0.05, 0) is 37.1 Å². The van der Waals surface area contributed by atoms with Crippen LogP contribution in [0.15, 0.2) is 59.1 Å². The Morgan fingerprint density at radius 3 is 2.22 bits per heavy atom. The summed E-state index contributed by atoms with van der Waals surface area (Å²) in [4.78, 5) is 12.6. The smallest absolute Gasteiger partial charge is 0.244 e. The summed E-state index contributed by atoms with van der Waals surface area (Å²) in [6, 6.07) is 17.7. The number of amides is 1. The van der Waals surface area contributed by atoms with Crippen molar-refractivity contribution < 1.29 is 4.79 Å². The third kappa shape index (κ3) is 4.21. The van der Waals surface area contributed by atoms with Crippen LogP contribution >= 0.6 is 15.9 Å². The summed E-state index contributed by atoms with van der Waals surface area (Å²) in [6.45, 7) is 5.85. The van der Waals surface area contributed by atoms with E-state index in [0.717, 1.165) is 10.0 Å². The fraction of sp³-hybridized carbons (Fsp3) is 0.316. The molecule has 0 bridgehead atoms. The highest BCUT2D eigenvalue weighted by molar-refractivity contribution is 9.10. The second-order valence-corrected chi connectivity index (χ2v) is 7.09. The summed E-state index contributed by atoms with van der Waals surface area (Å²) < 4.78 is 0.962. The van der Waals surface area contributed by atoms with Crippen LogP contribution < -0.4 is 11.1 Å². The molecule has 3 atom stereocenters. The van der Waals surface area contributed by atoms with Crippen molar-refractivity contribution in [3.8, 4) is 0 Å². The van der Waals surface area contributed by atoms with Crippen LogP contribution in [0.1, 0.15) is 37.8 Å². The molecule has 0 saturated carbocycles. The predicted molar refractivity (Wildman–Crippen MR) is 98.1 cm³/mol. The minimum absolute atomic E-state index is 0.0109. The van der Waals surface area contributed by atoms with Crippen LogP contribution in [0.4, 0.5) is 0 Å². The Kier molecular flexibility index (Phi) is 5.60. The van der Waals surface area contributed by atoms with Gasteiger partial charge in [0, 0.05) is 16.4 Å². The predicted octanol–water partition coefficient (Wildman–Crippen LogP) is 3.93. The third-order valence-corrected chi connectivity index (χ3v) is 4.88. The van der Waals surface area contributed by atoms with Crippen molar-refractivity contribution >= 4 is 21.8 Å². The lowest BCUT2D eigenvalue weighted by molar-refractivity contribution is -0.126. The first-order valence-corrected chi connectivity index (χ1v) is 8.52. The molecule has 0 aromatic heterocycles. The van der Waals surface area contributed by atoms with E-state index in [0.29, 0.717) is 0 Å². The molecule has 4 heteroatoms. The Morgan fingerprint density at radius 2 is 1.65 bits per heavy atom. The Balaban J connectivity index is 2.09. The van der Waals surface area contributed by atoms with Crippen molar-refractivity contribution in [3.63, 3.8) is 0 Å². The Bertz CT molecular complexity index is 653. The van der Waals surface area contributed by atoms with Crippen molar-refractivity contribution in [3.05, 3.63) is 70.2 Å². The summed E-state index contributed by atoms with van der Waals surface area (Å²) in [7, 11) is 0. The normalized spacial score (nSPS) is 16.2. The monoisotopic (exact) mass is 374 g/mol. The molecular formula is C19H23BrN2O. The Labute approximate surface area is 146 Å². The molecule has 0 radical (unpaired) electrons. The van der Waals surface area contributed by atoms with Crippen LogP contribution in [-0.2, 0) is 10.3 Å². The largest absolute Gasteiger partial charge is 0.351 e. The lowest BCUT2D eigenvalue weighted by atomic mass is 9.90. The highest BCUT2D eigenvalue weighted by Crippen LogP contribution is 2.23. The quantitative estimate of drug-likeness (QED) is 0.832. The molecule has 0 aliphatic rings. The molecule has 23 heavy (non-hydrogen) atoms. The molecule has 2 aromatic carbocycles. The summed E-state index contributed by atoms with van der Waals surface area (Å²) in [5.41, 5.74) is 7.21. The zero-order chi connectivity index (χ0) is 17.0. The van der Waals surface area contributed by atoms with Crippen LogP contribution in [0.25, 0.3) is 0 Å². The van der Waals surface area contributed by atoms with E-state index in [4.69, 9.17) is 5.73 Å². The second-order valence-electron chi connectivity index (χ2n) is 6.17. The number of rotatable bonds is 5. The van der Waals surface area contributed by atoms with Gasteiger partial charge in [0.05, 0.1) is 0 Å². The fourth-order valence-corrected chi connectivity index (χ4v) is 2.72. The van der Waals surface area contributed by atoms with Gasteiger partial charge in [-0.3, -0.25) is 4.79 Å². The van der Waals surface area contributed by atoms with E-state index >= 15 is 0 Å². The molecule has 3 N–H and O–H groups in total. The van der Waals surface area contributed by atoms with E-state index in [1.807, 2.05) is 49.4 Å². The van der Waals surface area contributed by atoms with Crippen molar-refractivity contribution in [2.75, 3.05) is 0 Å². The number of carbonyl (C=O) groups excluding carboxylic acids is 1. The SMILES string of the molecule is CC(NC(=O)C(C)(N)c1ccc(Br)cc1)C(C)c1ccccc1. The number of benzene rings is 2. The molecule has 0 saturated heterocycles. The van der Waals surface area contributed by atoms with Crippen LogP contribution in [0, 0.1) is 0 Å². The summed E-state index contributed by atoms with van der Waals surface area (Å²) >= 11 is 3.39. The summed E-state index contributed by atoms with van der Waals surface area (Å²) in [6.07, 6.45) is 0. The molecule has 0 aliphatic carbocycles. The first-order chi connectivity index (χ1) is 10.8. The van der Waals surface area contributed by atoms with Gasteiger partial charge < -0.3 is 11.1 Å². The van der Waals surface area contributed by atoms with Crippen molar-refractivity contribution in [2.45, 2.75) is 38.3 Å². The minimum Gasteiger partial charge on any atom is -0.351 e. The van der Waals surface area contributed by atoms with Crippen molar-refractivity contribution in [1.29, 1.82) is 0 Å². The highest BCUT2D eigenvalue weighted by Gasteiger charge is 2.32. The van der Waals surface area contributed by atoms with E-state index in [1.165, 1.54) is 5.56 Å². The van der Waals surface area contributed by atoms with E-state index in [9.17, 15) is 4.79 Å². The van der Waals surface area contributed by atoms with Gasteiger partial charge in [-0.2, -0.15) is 0 Å². The van der Waals surface area contributed by atoms with Gasteiger partial charge in [0.1, 0.15) is 5.54 Å². The van der Waals surface area contributed by atoms with Crippen LogP contribution in [0.2, 0.25) is 0 Å². The van der Waals surface area contributed by atoms with Crippen molar-refractivity contribution in [1.82, 2.24) is 5.32 Å². The Morgan fingerprint density at radius 1 is 1.09 bits per heavy atom. The second kappa shape index (κ2) is 7.28. The van der Waals surface area contributed by atoms with Gasteiger partial charge in [0.2, 0.25) is 5.91 Å². The number of hydrogen-bond acceptors (Lipinski definition) is 2. The molecule has 0 fully saturated rings. The molecule has 3 unspecified atom stereocenters. The molecule has 122 valence electrons. The molecule has 1 amide bonds. The zero-order valence-corrected chi connectivity index (χ0v) is 15.3. The maximum Gasteiger partial charge on any atom is 0.244 e. The topological polar surface area (TPSA) is 55.1 Å². The summed E-state index contributed by atoms with van der Waals surface area (Å²) in [5, 5.41) is 3.06.